The van der Waals surface area contributed by atoms with Crippen molar-refractivity contribution in [2.45, 2.75) is 0 Å². The van der Waals surface area contributed by atoms with E-state index in [2.05, 4.69) is 10.6 Å². The van der Waals surface area contributed by atoms with Gasteiger partial charge in [0, 0.05) is 35.8 Å². The lowest BCUT2D eigenvalue weighted by Gasteiger charge is -2.05. The number of carbonyl (C=O) groups is 1. The van der Waals surface area contributed by atoms with Gasteiger partial charge in [-0.3, -0.25) is 25.0 Å². The standard InChI is InChI=1S/C16H10ClN5O5/c17-14-5-4-11(7-15(14)22(26)27)19-9-10(8-18)16(23)20-12-2-1-3-13(6-12)21(24)25/h1-7,9,19H,(H,20,23)/b10-9-. The molecule has 2 rings (SSSR count). The number of nitrogens with zero attached hydrogens (tertiary/aromatic N) is 3. The van der Waals surface area contributed by atoms with Crippen molar-refractivity contribution in [3.63, 3.8) is 0 Å². The number of anilines is 2. The van der Waals surface area contributed by atoms with E-state index < -0.39 is 15.8 Å². The Kier molecular flexibility index (Phi) is 6.03. The first-order valence-corrected chi connectivity index (χ1v) is 7.56. The molecule has 1 amide bonds. The second-order valence-electron chi connectivity index (χ2n) is 5.00. The molecule has 2 N–H and O–H groups in total. The molecule has 0 bridgehead atoms. The van der Waals surface area contributed by atoms with E-state index in [1.54, 1.807) is 6.07 Å². The second kappa shape index (κ2) is 8.41. The van der Waals surface area contributed by atoms with Gasteiger partial charge in [0.15, 0.2) is 0 Å². The van der Waals surface area contributed by atoms with E-state index in [1.807, 2.05) is 0 Å². The molecule has 2 aromatic rings. The number of nitrogens with one attached hydrogen (secondary N) is 2. The smallest absolute Gasteiger partial charge is 0.289 e. The summed E-state index contributed by atoms with van der Waals surface area (Å²) in [6.45, 7) is 0. The van der Waals surface area contributed by atoms with Crippen LogP contribution in [-0.4, -0.2) is 15.8 Å². The van der Waals surface area contributed by atoms with Crippen molar-refractivity contribution in [3.8, 4) is 6.07 Å². The predicted molar refractivity (Wildman–Crippen MR) is 97.2 cm³/mol. The summed E-state index contributed by atoms with van der Waals surface area (Å²) in [5.74, 6) is -0.811. The van der Waals surface area contributed by atoms with Crippen LogP contribution in [0.1, 0.15) is 0 Å². The average molecular weight is 388 g/mol. The van der Waals surface area contributed by atoms with E-state index in [0.717, 1.165) is 18.3 Å². The molecule has 10 nitrogen and oxygen atoms in total. The Labute approximate surface area is 157 Å². The summed E-state index contributed by atoms with van der Waals surface area (Å²) in [7, 11) is 0. The molecule has 0 aliphatic rings. The van der Waals surface area contributed by atoms with E-state index in [1.165, 1.54) is 30.3 Å². The van der Waals surface area contributed by atoms with Gasteiger partial charge in [-0.2, -0.15) is 5.26 Å². The number of hydrogen-bond donors (Lipinski definition) is 2. The molecular weight excluding hydrogens is 378 g/mol. The van der Waals surface area contributed by atoms with Crippen molar-refractivity contribution in [1.82, 2.24) is 0 Å². The topological polar surface area (TPSA) is 151 Å². The zero-order chi connectivity index (χ0) is 20.0. The number of nitro benzene ring substituents is 2. The lowest BCUT2D eigenvalue weighted by atomic mass is 10.2. The van der Waals surface area contributed by atoms with E-state index in [9.17, 15) is 25.0 Å². The van der Waals surface area contributed by atoms with Crippen LogP contribution >= 0.6 is 11.6 Å². The third kappa shape index (κ3) is 5.00. The number of halogens is 1. The Hall–Kier alpha value is -3.97. The minimum Gasteiger partial charge on any atom is -0.360 e. The van der Waals surface area contributed by atoms with Crippen molar-refractivity contribution < 1.29 is 14.6 Å². The van der Waals surface area contributed by atoms with E-state index in [4.69, 9.17) is 16.9 Å². The minimum absolute atomic E-state index is 0.0570. The van der Waals surface area contributed by atoms with Crippen molar-refractivity contribution in [1.29, 1.82) is 5.26 Å². The molecule has 0 saturated heterocycles. The van der Waals surface area contributed by atoms with E-state index in [0.29, 0.717) is 0 Å². The van der Waals surface area contributed by atoms with Gasteiger partial charge in [0.05, 0.1) is 9.85 Å². The maximum Gasteiger partial charge on any atom is 0.289 e. The number of carbonyl (C=O) groups excluding carboxylic acids is 1. The van der Waals surface area contributed by atoms with E-state index >= 15 is 0 Å². The van der Waals surface area contributed by atoms with Crippen LogP contribution < -0.4 is 10.6 Å². The van der Waals surface area contributed by atoms with Crippen molar-refractivity contribution >= 4 is 40.3 Å². The largest absolute Gasteiger partial charge is 0.360 e. The maximum atomic E-state index is 12.1. The van der Waals surface area contributed by atoms with Crippen molar-refractivity contribution in [2.24, 2.45) is 0 Å². The van der Waals surface area contributed by atoms with Crippen LogP contribution in [-0.2, 0) is 4.79 Å². The molecule has 11 heteroatoms. The van der Waals surface area contributed by atoms with Gasteiger partial charge in [-0.15, -0.1) is 0 Å². The van der Waals surface area contributed by atoms with Gasteiger partial charge in [-0.05, 0) is 18.2 Å². The quantitative estimate of drug-likeness (QED) is 0.332. The van der Waals surface area contributed by atoms with Gasteiger partial charge < -0.3 is 10.6 Å². The molecule has 136 valence electrons. The highest BCUT2D eigenvalue weighted by molar-refractivity contribution is 6.32. The van der Waals surface area contributed by atoms with Gasteiger partial charge in [0.1, 0.15) is 16.7 Å². The normalized spacial score (nSPS) is 10.6. The fourth-order valence-electron chi connectivity index (χ4n) is 1.94. The lowest BCUT2D eigenvalue weighted by Crippen LogP contribution is -2.14. The van der Waals surface area contributed by atoms with Gasteiger partial charge in [-0.25, -0.2) is 0 Å². The first-order valence-electron chi connectivity index (χ1n) is 7.18. The highest BCUT2D eigenvalue weighted by atomic mass is 35.5. The van der Waals surface area contributed by atoms with Crippen LogP contribution in [0, 0.1) is 31.6 Å². The molecule has 0 saturated carbocycles. The Bertz CT molecular complexity index is 999. The molecule has 0 radical (unpaired) electrons. The van der Waals surface area contributed by atoms with Crippen LogP contribution in [0.4, 0.5) is 22.7 Å². The Morgan fingerprint density at radius 2 is 1.85 bits per heavy atom. The predicted octanol–water partition coefficient (Wildman–Crippen LogP) is 3.61. The van der Waals surface area contributed by atoms with Gasteiger partial charge >= 0.3 is 0 Å². The molecule has 0 aliphatic carbocycles. The monoisotopic (exact) mass is 387 g/mol. The van der Waals surface area contributed by atoms with Crippen LogP contribution in [0.3, 0.4) is 0 Å². The van der Waals surface area contributed by atoms with E-state index in [-0.39, 0.29) is 33.3 Å². The van der Waals surface area contributed by atoms with Crippen molar-refractivity contribution in [2.75, 3.05) is 10.6 Å². The van der Waals surface area contributed by atoms with Gasteiger partial charge in [0.2, 0.25) is 0 Å². The zero-order valence-electron chi connectivity index (χ0n) is 13.4. The summed E-state index contributed by atoms with van der Waals surface area (Å²) in [5, 5.41) is 35.6. The molecule has 0 aromatic heterocycles. The fraction of sp³-hybridized carbons (Fsp3) is 0. The number of rotatable bonds is 6. The summed E-state index contributed by atoms with van der Waals surface area (Å²) in [6, 6.07) is 10.8. The fourth-order valence-corrected chi connectivity index (χ4v) is 2.13. The molecule has 0 aliphatic heterocycles. The molecular formula is C16H10ClN5O5. The summed E-state index contributed by atoms with van der Waals surface area (Å²) in [6.07, 6.45) is 1.06. The summed E-state index contributed by atoms with van der Waals surface area (Å²) in [4.78, 5) is 32.5. The Morgan fingerprint density at radius 1 is 1.11 bits per heavy atom. The van der Waals surface area contributed by atoms with Crippen LogP contribution in [0.25, 0.3) is 0 Å². The number of benzene rings is 2. The Morgan fingerprint density at radius 3 is 2.48 bits per heavy atom. The highest BCUT2D eigenvalue weighted by Crippen LogP contribution is 2.27. The third-order valence-corrected chi connectivity index (χ3v) is 3.53. The minimum atomic E-state index is -0.811. The number of amides is 1. The highest BCUT2D eigenvalue weighted by Gasteiger charge is 2.14. The van der Waals surface area contributed by atoms with Gasteiger partial charge in [-0.1, -0.05) is 17.7 Å². The van der Waals surface area contributed by atoms with Crippen LogP contribution in [0.15, 0.2) is 54.2 Å². The number of non-ortho nitro benzene ring substituents is 1. The van der Waals surface area contributed by atoms with Crippen LogP contribution in [0.2, 0.25) is 5.02 Å². The summed E-state index contributed by atoms with van der Waals surface area (Å²) < 4.78 is 0. The summed E-state index contributed by atoms with van der Waals surface area (Å²) in [5.41, 5.74) is -0.532. The molecule has 0 atom stereocenters. The molecule has 0 spiro atoms. The molecule has 0 unspecified atom stereocenters. The molecule has 27 heavy (non-hydrogen) atoms. The molecule has 0 fully saturated rings. The van der Waals surface area contributed by atoms with Gasteiger partial charge in [0.25, 0.3) is 17.3 Å². The average Bonchev–Trinajstić information content (AvgIpc) is 2.63. The lowest BCUT2D eigenvalue weighted by molar-refractivity contribution is -0.384. The maximum absolute atomic E-state index is 12.1. The third-order valence-electron chi connectivity index (χ3n) is 3.21. The number of nitro groups is 2. The van der Waals surface area contributed by atoms with Crippen molar-refractivity contribution in [3.05, 3.63) is 79.5 Å². The number of nitriles is 1. The van der Waals surface area contributed by atoms with Crippen LogP contribution in [0.5, 0.6) is 0 Å². The second-order valence-corrected chi connectivity index (χ2v) is 5.41. The Balaban J connectivity index is 2.16. The number of hydrogen-bond acceptors (Lipinski definition) is 7. The zero-order valence-corrected chi connectivity index (χ0v) is 14.1. The molecule has 2 aromatic carbocycles. The first-order chi connectivity index (χ1) is 12.8. The SMILES string of the molecule is N#C/C(=C/Nc1ccc(Cl)c([N+](=O)[O-])c1)C(=O)Nc1cccc([N+](=O)[O-])c1. The first kappa shape index (κ1) is 19.4. The molecule has 0 heterocycles. The summed E-state index contributed by atoms with van der Waals surface area (Å²) >= 11 is 5.71.